The van der Waals surface area contributed by atoms with Crippen molar-refractivity contribution < 1.29 is 23.5 Å². The van der Waals surface area contributed by atoms with Crippen LogP contribution in [0.3, 0.4) is 0 Å². The van der Waals surface area contributed by atoms with E-state index in [4.69, 9.17) is 5.11 Å². The highest BCUT2D eigenvalue weighted by atomic mass is 35.5. The smallest absolute Gasteiger partial charge is 0.325 e. The van der Waals surface area contributed by atoms with E-state index in [9.17, 15) is 23.2 Å². The first-order valence-corrected chi connectivity index (χ1v) is 7.37. The number of carbonyl (C=O) groups excluding carboxylic acids is 1. The van der Waals surface area contributed by atoms with Crippen LogP contribution < -0.4 is 10.7 Å². The lowest BCUT2D eigenvalue weighted by Crippen LogP contribution is -2.40. The number of carbonyl (C=O) groups is 2. The molecule has 0 saturated carbocycles. The fourth-order valence-electron chi connectivity index (χ4n) is 2.46. The topological polar surface area (TPSA) is 117 Å². The van der Waals surface area contributed by atoms with Crippen molar-refractivity contribution in [3.8, 4) is 11.3 Å². The molecule has 8 nitrogen and oxygen atoms in total. The molecule has 0 bridgehead atoms. The lowest BCUT2D eigenvalue weighted by atomic mass is 10.1. The van der Waals surface area contributed by atoms with Crippen molar-refractivity contribution in [2.45, 2.75) is 13.0 Å². The standard InChI is InChI=1S/C16H12F2N4O4.ClH/c1-7(16(25)26)21-15(24)13-12(23)5-11(22-14(13)19-6-20-22)8-2-9(17)4-10(18)3-8;/h2-7H,1H3,(H,19,20)(H,21,24)(H,25,26);1H/t7-;/m0./s1. The molecule has 3 rings (SSSR count). The van der Waals surface area contributed by atoms with E-state index in [1.807, 2.05) is 0 Å². The number of hydrogen-bond donors (Lipinski definition) is 3. The number of aromatic amines is 1. The molecule has 1 amide bonds. The van der Waals surface area contributed by atoms with Crippen LogP contribution >= 0.6 is 12.4 Å². The number of nitrogens with zero attached hydrogens (tertiary/aromatic N) is 2. The van der Waals surface area contributed by atoms with Gasteiger partial charge in [0.2, 0.25) is 0 Å². The van der Waals surface area contributed by atoms with Crippen molar-refractivity contribution in [2.24, 2.45) is 0 Å². The van der Waals surface area contributed by atoms with Gasteiger partial charge in [-0.1, -0.05) is 0 Å². The van der Waals surface area contributed by atoms with Crippen molar-refractivity contribution >= 4 is 29.9 Å². The van der Waals surface area contributed by atoms with Gasteiger partial charge in [-0.2, -0.15) is 0 Å². The van der Waals surface area contributed by atoms with Gasteiger partial charge in [-0.15, -0.1) is 12.4 Å². The summed E-state index contributed by atoms with van der Waals surface area (Å²) in [5.41, 5.74) is -1.12. The Bertz CT molecular complexity index is 1080. The number of hydrogen-bond acceptors (Lipinski definition) is 4. The number of pyridine rings is 1. The molecular weight excluding hydrogens is 386 g/mol. The largest absolute Gasteiger partial charge is 0.480 e. The van der Waals surface area contributed by atoms with Gasteiger partial charge in [0.25, 0.3) is 5.91 Å². The first-order chi connectivity index (χ1) is 12.3. The molecule has 11 heteroatoms. The molecular formula is C16H13ClF2N4O4. The van der Waals surface area contributed by atoms with Crippen LogP contribution in [0, 0.1) is 11.6 Å². The van der Waals surface area contributed by atoms with Crippen LogP contribution in [-0.4, -0.2) is 37.6 Å². The van der Waals surface area contributed by atoms with Crippen LogP contribution in [0.5, 0.6) is 0 Å². The van der Waals surface area contributed by atoms with Crippen molar-refractivity contribution in [3.63, 3.8) is 0 Å². The Morgan fingerprint density at radius 2 is 1.85 bits per heavy atom. The van der Waals surface area contributed by atoms with Gasteiger partial charge < -0.3 is 10.4 Å². The summed E-state index contributed by atoms with van der Waals surface area (Å²) in [6, 6.07) is 2.53. The summed E-state index contributed by atoms with van der Waals surface area (Å²) in [6.07, 6.45) is 1.19. The molecule has 3 N–H and O–H groups in total. The number of amides is 1. The van der Waals surface area contributed by atoms with E-state index in [1.165, 1.54) is 17.8 Å². The molecule has 1 aromatic carbocycles. The number of carboxylic acid groups (broad SMARTS) is 1. The van der Waals surface area contributed by atoms with Gasteiger partial charge in [0.1, 0.15) is 29.6 Å². The second-order valence-electron chi connectivity index (χ2n) is 5.51. The molecule has 0 radical (unpaired) electrons. The van der Waals surface area contributed by atoms with Crippen molar-refractivity contribution in [2.75, 3.05) is 0 Å². The highest BCUT2D eigenvalue weighted by molar-refractivity contribution is 6.01. The number of H-pyrrole nitrogens is 1. The molecule has 3 aromatic rings. The molecule has 27 heavy (non-hydrogen) atoms. The third-order valence-electron chi connectivity index (χ3n) is 3.67. The fourth-order valence-corrected chi connectivity index (χ4v) is 2.46. The molecule has 2 aromatic heterocycles. The van der Waals surface area contributed by atoms with Gasteiger partial charge in [-0.25, -0.2) is 18.3 Å². The Labute approximate surface area is 156 Å². The number of aromatic nitrogens is 3. The molecule has 0 fully saturated rings. The predicted molar refractivity (Wildman–Crippen MR) is 93.0 cm³/mol. The number of fused-ring (bicyclic) bond motifs is 1. The second kappa shape index (κ2) is 7.54. The van der Waals surface area contributed by atoms with Gasteiger partial charge in [0.15, 0.2) is 11.1 Å². The second-order valence-corrected chi connectivity index (χ2v) is 5.51. The van der Waals surface area contributed by atoms with Crippen molar-refractivity contribution in [3.05, 3.63) is 58.0 Å². The summed E-state index contributed by atoms with van der Waals surface area (Å²) >= 11 is 0. The molecule has 2 heterocycles. The first kappa shape index (κ1) is 20.0. The Balaban J connectivity index is 0.00000261. The zero-order valence-corrected chi connectivity index (χ0v) is 14.5. The van der Waals surface area contributed by atoms with E-state index in [0.717, 1.165) is 18.2 Å². The van der Waals surface area contributed by atoms with Crippen molar-refractivity contribution in [1.82, 2.24) is 19.9 Å². The van der Waals surface area contributed by atoms with E-state index < -0.39 is 35.0 Å². The zero-order valence-electron chi connectivity index (χ0n) is 13.7. The maximum absolute atomic E-state index is 13.5. The maximum Gasteiger partial charge on any atom is 0.325 e. The van der Waals surface area contributed by atoms with E-state index >= 15 is 0 Å². The molecule has 142 valence electrons. The Morgan fingerprint density at radius 3 is 2.44 bits per heavy atom. The van der Waals surface area contributed by atoms with Crippen LogP contribution in [0.4, 0.5) is 8.78 Å². The van der Waals surface area contributed by atoms with Gasteiger partial charge in [0, 0.05) is 17.7 Å². The highest BCUT2D eigenvalue weighted by Crippen LogP contribution is 2.22. The third kappa shape index (κ3) is 3.80. The Hall–Kier alpha value is -3.27. The summed E-state index contributed by atoms with van der Waals surface area (Å²) in [6.45, 7) is 1.24. The zero-order chi connectivity index (χ0) is 19.0. The van der Waals surface area contributed by atoms with Crippen LogP contribution in [0.25, 0.3) is 16.9 Å². The molecule has 0 spiro atoms. The van der Waals surface area contributed by atoms with Gasteiger partial charge in [-0.3, -0.25) is 19.5 Å². The minimum Gasteiger partial charge on any atom is -0.480 e. The monoisotopic (exact) mass is 398 g/mol. The summed E-state index contributed by atoms with van der Waals surface area (Å²) < 4.78 is 28.2. The minimum absolute atomic E-state index is 0. The molecule has 0 aliphatic rings. The van der Waals surface area contributed by atoms with Crippen LogP contribution in [0.2, 0.25) is 0 Å². The van der Waals surface area contributed by atoms with Crippen molar-refractivity contribution in [1.29, 1.82) is 0 Å². The van der Waals surface area contributed by atoms with E-state index in [2.05, 4.69) is 15.4 Å². The number of nitrogens with one attached hydrogen (secondary N) is 2. The fraction of sp³-hybridized carbons (Fsp3) is 0.125. The van der Waals surface area contributed by atoms with E-state index in [0.29, 0.717) is 6.07 Å². The van der Waals surface area contributed by atoms with E-state index in [-0.39, 0.29) is 34.9 Å². The number of benzene rings is 1. The Kier molecular flexibility index (Phi) is 5.60. The predicted octanol–water partition coefficient (Wildman–Crippen LogP) is 1.59. The number of aliphatic carboxylic acids is 1. The maximum atomic E-state index is 13.5. The molecule has 0 unspecified atom stereocenters. The van der Waals surface area contributed by atoms with Gasteiger partial charge in [-0.05, 0) is 19.1 Å². The minimum atomic E-state index is -1.27. The quantitative estimate of drug-likeness (QED) is 0.617. The Morgan fingerprint density at radius 1 is 1.22 bits per heavy atom. The SMILES string of the molecule is C[C@H](NC(=O)c1c(=O)cc(-c2cc(F)cc(F)c2)n2[nH]cnc12)C(=O)O.Cl. The first-order valence-electron chi connectivity index (χ1n) is 7.37. The number of halogens is 3. The summed E-state index contributed by atoms with van der Waals surface area (Å²) in [7, 11) is 0. The molecule has 0 saturated heterocycles. The third-order valence-corrected chi connectivity index (χ3v) is 3.67. The highest BCUT2D eigenvalue weighted by Gasteiger charge is 2.23. The molecule has 0 aliphatic carbocycles. The lowest BCUT2D eigenvalue weighted by Gasteiger charge is -2.11. The summed E-state index contributed by atoms with van der Waals surface area (Å²) in [5, 5.41) is 13.7. The summed E-state index contributed by atoms with van der Waals surface area (Å²) in [4.78, 5) is 39.5. The normalized spacial score (nSPS) is 11.7. The lowest BCUT2D eigenvalue weighted by molar-refractivity contribution is -0.138. The van der Waals surface area contributed by atoms with Crippen LogP contribution in [0.1, 0.15) is 17.3 Å². The number of carboxylic acids is 1. The van der Waals surface area contributed by atoms with Gasteiger partial charge in [0.05, 0.1) is 5.69 Å². The average Bonchev–Trinajstić information content (AvgIpc) is 3.01. The summed E-state index contributed by atoms with van der Waals surface area (Å²) in [5.74, 6) is -3.87. The molecule has 1 atom stereocenters. The van der Waals surface area contributed by atoms with Crippen LogP contribution in [0.15, 0.2) is 35.4 Å². The number of rotatable bonds is 4. The van der Waals surface area contributed by atoms with Crippen LogP contribution in [-0.2, 0) is 4.79 Å². The van der Waals surface area contributed by atoms with E-state index in [1.54, 1.807) is 0 Å². The van der Waals surface area contributed by atoms with Gasteiger partial charge >= 0.3 is 5.97 Å². The average molecular weight is 399 g/mol. The molecule has 0 aliphatic heterocycles.